The molecular weight excluding hydrogens is 330 g/mol. The number of nitrogens with one attached hydrogen (secondary N) is 1. The van der Waals surface area contributed by atoms with E-state index in [2.05, 4.69) is 26.2 Å². The summed E-state index contributed by atoms with van der Waals surface area (Å²) in [4.78, 5) is 15.9. The second kappa shape index (κ2) is 5.83. The molecule has 1 aromatic heterocycles. The largest absolute Gasteiger partial charge is 0.322 e. The molecule has 4 nitrogen and oxygen atoms in total. The first-order valence-corrected chi connectivity index (χ1v) is 6.40. The summed E-state index contributed by atoms with van der Waals surface area (Å²) in [5.41, 5.74) is 1.32. The third-order valence-corrected chi connectivity index (χ3v) is 3.12. The van der Waals surface area contributed by atoms with Crippen LogP contribution in [0.2, 0.25) is 5.02 Å². The number of rotatable bonds is 2. The second-order valence-electron chi connectivity index (χ2n) is 3.63. The smallest absolute Gasteiger partial charge is 0.257 e. The van der Waals surface area contributed by atoms with Crippen molar-refractivity contribution in [1.82, 2.24) is 4.98 Å². The van der Waals surface area contributed by atoms with Crippen LogP contribution in [0.1, 0.15) is 15.9 Å². The van der Waals surface area contributed by atoms with Crippen molar-refractivity contribution in [3.63, 3.8) is 0 Å². The van der Waals surface area contributed by atoms with Gasteiger partial charge in [0.1, 0.15) is 10.7 Å². The Balaban J connectivity index is 2.17. The SMILES string of the molecule is N#Cc1ccc(NC(=O)c2ccc(Br)nc2)cc1Cl. The fourth-order valence-electron chi connectivity index (χ4n) is 1.40. The Morgan fingerprint density at radius 2 is 2.16 bits per heavy atom. The summed E-state index contributed by atoms with van der Waals surface area (Å²) in [6.45, 7) is 0. The molecule has 2 aromatic rings. The lowest BCUT2D eigenvalue weighted by Gasteiger charge is -2.06. The van der Waals surface area contributed by atoms with Crippen LogP contribution in [-0.2, 0) is 0 Å². The van der Waals surface area contributed by atoms with E-state index in [1.165, 1.54) is 12.3 Å². The van der Waals surface area contributed by atoms with E-state index >= 15 is 0 Å². The zero-order valence-corrected chi connectivity index (χ0v) is 11.9. The summed E-state index contributed by atoms with van der Waals surface area (Å²) in [7, 11) is 0. The summed E-state index contributed by atoms with van der Waals surface area (Å²) >= 11 is 9.08. The van der Waals surface area contributed by atoms with Gasteiger partial charge in [0.05, 0.1) is 16.1 Å². The van der Waals surface area contributed by atoms with Gasteiger partial charge in [-0.1, -0.05) is 11.6 Å². The van der Waals surface area contributed by atoms with Crippen molar-refractivity contribution >= 4 is 39.1 Å². The number of hydrogen-bond acceptors (Lipinski definition) is 3. The normalized spacial score (nSPS) is 9.74. The van der Waals surface area contributed by atoms with Crippen molar-refractivity contribution in [2.75, 3.05) is 5.32 Å². The van der Waals surface area contributed by atoms with E-state index in [-0.39, 0.29) is 5.91 Å². The van der Waals surface area contributed by atoms with Crippen LogP contribution in [0.15, 0.2) is 41.1 Å². The monoisotopic (exact) mass is 335 g/mol. The summed E-state index contributed by atoms with van der Waals surface area (Å²) in [5.74, 6) is -0.291. The molecule has 1 N–H and O–H groups in total. The molecule has 19 heavy (non-hydrogen) atoms. The summed E-state index contributed by atoms with van der Waals surface area (Å²) in [6.07, 6.45) is 1.46. The predicted octanol–water partition coefficient (Wildman–Crippen LogP) is 3.62. The van der Waals surface area contributed by atoms with Crippen LogP contribution in [0.5, 0.6) is 0 Å². The van der Waals surface area contributed by atoms with Crippen molar-refractivity contribution in [2.24, 2.45) is 0 Å². The molecule has 0 unspecified atom stereocenters. The minimum atomic E-state index is -0.291. The van der Waals surface area contributed by atoms with E-state index in [9.17, 15) is 4.79 Å². The molecule has 1 aromatic carbocycles. The van der Waals surface area contributed by atoms with Gasteiger partial charge in [0.15, 0.2) is 0 Å². The number of amides is 1. The average molecular weight is 337 g/mol. The van der Waals surface area contributed by atoms with Gasteiger partial charge < -0.3 is 5.32 Å². The van der Waals surface area contributed by atoms with Crippen molar-refractivity contribution in [3.8, 4) is 6.07 Å². The number of carbonyl (C=O) groups is 1. The maximum absolute atomic E-state index is 11.9. The lowest BCUT2D eigenvalue weighted by atomic mass is 10.2. The molecular formula is C13H7BrClN3O. The molecule has 0 bridgehead atoms. The van der Waals surface area contributed by atoms with Crippen LogP contribution in [0.3, 0.4) is 0 Å². The van der Waals surface area contributed by atoms with Gasteiger partial charge in [-0.3, -0.25) is 4.79 Å². The van der Waals surface area contributed by atoms with Crippen LogP contribution < -0.4 is 5.32 Å². The summed E-state index contributed by atoms with van der Waals surface area (Å²) in [6, 6.07) is 9.99. The Morgan fingerprint density at radius 3 is 2.74 bits per heavy atom. The number of halogens is 2. The Kier molecular flexibility index (Phi) is 4.15. The van der Waals surface area contributed by atoms with E-state index in [0.29, 0.717) is 26.4 Å². The van der Waals surface area contributed by atoms with Crippen LogP contribution in [0.25, 0.3) is 0 Å². The molecule has 0 saturated carbocycles. The van der Waals surface area contributed by atoms with Crippen molar-refractivity contribution < 1.29 is 4.79 Å². The van der Waals surface area contributed by atoms with Gasteiger partial charge in [0, 0.05) is 11.9 Å². The van der Waals surface area contributed by atoms with E-state index in [4.69, 9.17) is 16.9 Å². The Hall–Kier alpha value is -1.90. The van der Waals surface area contributed by atoms with Crippen molar-refractivity contribution in [3.05, 3.63) is 57.3 Å². The average Bonchev–Trinajstić information content (AvgIpc) is 2.39. The third kappa shape index (κ3) is 3.31. The number of hydrogen-bond donors (Lipinski definition) is 1. The van der Waals surface area contributed by atoms with Gasteiger partial charge >= 0.3 is 0 Å². The van der Waals surface area contributed by atoms with Gasteiger partial charge in [0.25, 0.3) is 5.91 Å². The predicted molar refractivity (Wildman–Crippen MR) is 76.1 cm³/mol. The van der Waals surface area contributed by atoms with Crippen LogP contribution in [0, 0.1) is 11.3 Å². The maximum Gasteiger partial charge on any atom is 0.257 e. The molecule has 6 heteroatoms. The van der Waals surface area contributed by atoms with Crippen LogP contribution in [0.4, 0.5) is 5.69 Å². The summed E-state index contributed by atoms with van der Waals surface area (Å²) < 4.78 is 0.658. The van der Waals surface area contributed by atoms with E-state index in [0.717, 1.165) is 0 Å². The number of aromatic nitrogens is 1. The highest BCUT2D eigenvalue weighted by Gasteiger charge is 2.08. The zero-order chi connectivity index (χ0) is 13.8. The molecule has 0 atom stereocenters. The van der Waals surface area contributed by atoms with Crippen molar-refractivity contribution in [1.29, 1.82) is 5.26 Å². The lowest BCUT2D eigenvalue weighted by molar-refractivity contribution is 0.102. The number of nitrogens with zero attached hydrogens (tertiary/aromatic N) is 2. The van der Waals surface area contributed by atoms with Crippen LogP contribution in [-0.4, -0.2) is 10.9 Å². The minimum Gasteiger partial charge on any atom is -0.322 e. The van der Waals surface area contributed by atoms with Gasteiger partial charge in [0.2, 0.25) is 0 Å². The highest BCUT2D eigenvalue weighted by molar-refractivity contribution is 9.10. The Bertz CT molecular complexity index is 665. The molecule has 2 rings (SSSR count). The number of anilines is 1. The zero-order valence-electron chi connectivity index (χ0n) is 9.52. The number of nitriles is 1. The van der Waals surface area contributed by atoms with Crippen molar-refractivity contribution in [2.45, 2.75) is 0 Å². The number of benzene rings is 1. The number of carbonyl (C=O) groups excluding carboxylic acids is 1. The topological polar surface area (TPSA) is 65.8 Å². The molecule has 0 radical (unpaired) electrons. The fraction of sp³-hybridized carbons (Fsp3) is 0. The molecule has 0 spiro atoms. The number of pyridine rings is 1. The highest BCUT2D eigenvalue weighted by Crippen LogP contribution is 2.20. The first kappa shape index (κ1) is 13.5. The molecule has 0 saturated heterocycles. The molecule has 1 amide bonds. The molecule has 94 valence electrons. The minimum absolute atomic E-state index is 0.291. The van der Waals surface area contributed by atoms with Gasteiger partial charge in [-0.05, 0) is 46.3 Å². The first-order valence-electron chi connectivity index (χ1n) is 5.22. The third-order valence-electron chi connectivity index (χ3n) is 2.34. The highest BCUT2D eigenvalue weighted by atomic mass is 79.9. The Morgan fingerprint density at radius 1 is 1.37 bits per heavy atom. The maximum atomic E-state index is 11.9. The van der Waals surface area contributed by atoms with Crippen LogP contribution >= 0.6 is 27.5 Å². The van der Waals surface area contributed by atoms with E-state index in [1.807, 2.05) is 6.07 Å². The molecule has 0 aliphatic rings. The first-order chi connectivity index (χ1) is 9.10. The summed E-state index contributed by atoms with van der Waals surface area (Å²) in [5, 5.41) is 11.7. The van der Waals surface area contributed by atoms with Gasteiger partial charge in [-0.2, -0.15) is 5.26 Å². The molecule has 0 aliphatic carbocycles. The molecule has 0 aliphatic heterocycles. The standard InChI is InChI=1S/C13H7BrClN3O/c14-12-4-2-9(7-17-12)13(19)18-10-3-1-8(6-16)11(15)5-10/h1-5,7H,(H,18,19). The van der Waals surface area contributed by atoms with E-state index < -0.39 is 0 Å². The Labute approximate surface area is 123 Å². The van der Waals surface area contributed by atoms with E-state index in [1.54, 1.807) is 24.3 Å². The molecule has 0 fully saturated rings. The van der Waals surface area contributed by atoms with Gasteiger partial charge in [-0.25, -0.2) is 4.98 Å². The fourth-order valence-corrected chi connectivity index (χ4v) is 1.85. The quantitative estimate of drug-likeness (QED) is 0.852. The molecule has 1 heterocycles. The lowest BCUT2D eigenvalue weighted by Crippen LogP contribution is -2.12. The second-order valence-corrected chi connectivity index (χ2v) is 4.85. The van der Waals surface area contributed by atoms with Gasteiger partial charge in [-0.15, -0.1) is 0 Å².